The van der Waals surface area contributed by atoms with Crippen molar-refractivity contribution in [1.29, 1.82) is 0 Å². The number of carbonyl (C=O) groups excluding carboxylic acids is 1. The highest BCUT2D eigenvalue weighted by Gasteiger charge is 2.83. The monoisotopic (exact) mass is 616 g/mol. The van der Waals surface area contributed by atoms with Crippen molar-refractivity contribution in [2.75, 3.05) is 13.2 Å². The fourth-order valence-corrected chi connectivity index (χ4v) is 5.39. The highest BCUT2D eigenvalue weighted by atomic mass is 19.4. The first-order valence-electron chi connectivity index (χ1n) is 13.6. The molecular formula is C27H41F9O5. The van der Waals surface area contributed by atoms with E-state index in [1.54, 1.807) is 27.7 Å². The van der Waals surface area contributed by atoms with E-state index in [0.29, 0.717) is 6.42 Å². The van der Waals surface area contributed by atoms with E-state index in [-0.39, 0.29) is 32.3 Å². The third-order valence-corrected chi connectivity index (χ3v) is 8.17. The number of rotatable bonds is 13. The molecule has 2 rings (SSSR count). The van der Waals surface area contributed by atoms with E-state index in [1.165, 1.54) is 13.8 Å². The van der Waals surface area contributed by atoms with Crippen molar-refractivity contribution in [1.82, 2.24) is 0 Å². The molecule has 242 valence electrons. The van der Waals surface area contributed by atoms with E-state index >= 15 is 0 Å². The van der Waals surface area contributed by atoms with Crippen molar-refractivity contribution in [2.24, 2.45) is 10.8 Å². The Labute approximate surface area is 234 Å². The van der Waals surface area contributed by atoms with Gasteiger partial charge in [-0.2, -0.15) is 39.5 Å². The van der Waals surface area contributed by atoms with Gasteiger partial charge in [-0.25, -0.2) is 0 Å². The lowest BCUT2D eigenvalue weighted by Gasteiger charge is -2.51. The molecule has 0 spiro atoms. The average Bonchev–Trinajstić information content (AvgIpc) is 3.30. The van der Waals surface area contributed by atoms with Crippen molar-refractivity contribution in [2.45, 2.75) is 141 Å². The van der Waals surface area contributed by atoms with Crippen LogP contribution in [0.25, 0.3) is 0 Å². The van der Waals surface area contributed by atoms with Crippen LogP contribution in [-0.2, 0) is 23.7 Å². The summed E-state index contributed by atoms with van der Waals surface area (Å²) < 4.78 is 148. The summed E-state index contributed by atoms with van der Waals surface area (Å²) in [6, 6.07) is 0. The summed E-state index contributed by atoms with van der Waals surface area (Å²) in [6.45, 7) is 11.2. The highest BCUT2D eigenvalue weighted by Crippen LogP contribution is 2.67. The predicted octanol–water partition coefficient (Wildman–Crippen LogP) is 8.44. The topological polar surface area (TPSA) is 57.3 Å². The lowest BCUT2D eigenvalue weighted by atomic mass is 9.66. The standard InChI is InChI=1S/C27H41F9O5/c1-8-19(2,3)18(37)40-20(4,5)13-14-38-21(6,7)15-23(17-39-23)41-22(11-9-10-12-22)24(26(31,32)33,27(34,35)36)16-25(28,29)30/h8-17H2,1-7H3. The van der Waals surface area contributed by atoms with Crippen LogP contribution in [0.2, 0.25) is 0 Å². The number of hydrogen-bond acceptors (Lipinski definition) is 5. The van der Waals surface area contributed by atoms with Crippen molar-refractivity contribution in [3.05, 3.63) is 0 Å². The summed E-state index contributed by atoms with van der Waals surface area (Å²) in [5, 5.41) is 0. The molecule has 0 aromatic rings. The van der Waals surface area contributed by atoms with Gasteiger partial charge in [-0.05, 0) is 60.8 Å². The largest absolute Gasteiger partial charge is 0.459 e. The van der Waals surface area contributed by atoms with Crippen LogP contribution in [0.15, 0.2) is 0 Å². The second-order valence-corrected chi connectivity index (χ2v) is 13.1. The second-order valence-electron chi connectivity index (χ2n) is 13.1. The molecular weight excluding hydrogens is 575 g/mol. The molecule has 1 atom stereocenters. The number of carbonyl (C=O) groups is 1. The van der Waals surface area contributed by atoms with Crippen LogP contribution in [0, 0.1) is 10.8 Å². The van der Waals surface area contributed by atoms with Gasteiger partial charge < -0.3 is 18.9 Å². The fraction of sp³-hybridized carbons (Fsp3) is 0.963. The molecule has 2 aliphatic rings. The fourth-order valence-electron chi connectivity index (χ4n) is 5.39. The molecule has 1 saturated heterocycles. The highest BCUT2D eigenvalue weighted by molar-refractivity contribution is 5.76. The lowest BCUT2D eigenvalue weighted by Crippen LogP contribution is -2.67. The SMILES string of the molecule is CCC(C)(C)C(=O)OC(C)(C)CCOC(C)(C)CC1(OC2(C(CC(F)(F)F)(C(F)(F)F)C(F)(F)F)CCCC2)CO1. The molecule has 2 fully saturated rings. The maximum absolute atomic E-state index is 14.3. The summed E-state index contributed by atoms with van der Waals surface area (Å²) >= 11 is 0. The zero-order valence-electron chi connectivity index (χ0n) is 24.5. The molecule has 0 radical (unpaired) electrons. The van der Waals surface area contributed by atoms with Crippen LogP contribution >= 0.6 is 0 Å². The Morgan fingerprint density at radius 3 is 1.71 bits per heavy atom. The molecule has 1 aliphatic heterocycles. The van der Waals surface area contributed by atoms with Gasteiger partial charge in [-0.1, -0.05) is 19.8 Å². The Kier molecular flexibility index (Phi) is 9.93. The number of alkyl halides is 9. The smallest absolute Gasteiger partial charge is 0.406 e. The summed E-state index contributed by atoms with van der Waals surface area (Å²) in [7, 11) is 0. The van der Waals surface area contributed by atoms with E-state index in [4.69, 9.17) is 18.9 Å². The first-order chi connectivity index (χ1) is 18.2. The number of epoxide rings is 1. The van der Waals surface area contributed by atoms with Crippen LogP contribution < -0.4 is 0 Å². The third-order valence-electron chi connectivity index (χ3n) is 8.17. The average molecular weight is 617 g/mol. The quantitative estimate of drug-likeness (QED) is 0.118. The second kappa shape index (κ2) is 11.3. The van der Waals surface area contributed by atoms with Crippen LogP contribution in [-0.4, -0.2) is 60.3 Å². The third kappa shape index (κ3) is 8.21. The Morgan fingerprint density at radius 1 is 0.829 bits per heavy atom. The Bertz CT molecular complexity index is 896. The number of hydrogen-bond donors (Lipinski definition) is 0. The van der Waals surface area contributed by atoms with E-state index in [1.807, 2.05) is 6.92 Å². The van der Waals surface area contributed by atoms with E-state index in [0.717, 1.165) is 0 Å². The molecule has 14 heteroatoms. The number of halogens is 9. The van der Waals surface area contributed by atoms with Gasteiger partial charge in [0.1, 0.15) is 12.2 Å². The van der Waals surface area contributed by atoms with Gasteiger partial charge in [0.15, 0.2) is 11.2 Å². The summed E-state index contributed by atoms with van der Waals surface area (Å²) in [6.07, 6.45) is -23.3. The van der Waals surface area contributed by atoms with Crippen LogP contribution in [0.5, 0.6) is 0 Å². The first-order valence-corrected chi connectivity index (χ1v) is 13.6. The van der Waals surface area contributed by atoms with Crippen molar-refractivity contribution >= 4 is 5.97 Å². The summed E-state index contributed by atoms with van der Waals surface area (Å²) in [5.74, 6) is -2.41. The van der Waals surface area contributed by atoms with E-state index in [2.05, 4.69) is 0 Å². The summed E-state index contributed by atoms with van der Waals surface area (Å²) in [4.78, 5) is 12.4. The molecule has 1 heterocycles. The maximum atomic E-state index is 14.3. The van der Waals surface area contributed by atoms with Crippen LogP contribution in [0.1, 0.15) is 99.8 Å². The van der Waals surface area contributed by atoms with Gasteiger partial charge in [0.25, 0.3) is 0 Å². The Morgan fingerprint density at radius 2 is 1.32 bits per heavy atom. The molecule has 0 N–H and O–H groups in total. The van der Waals surface area contributed by atoms with Crippen molar-refractivity contribution < 1.29 is 63.3 Å². The summed E-state index contributed by atoms with van der Waals surface area (Å²) in [5.41, 5.74) is -11.3. The normalized spacial score (nSPS) is 22.6. The molecule has 5 nitrogen and oxygen atoms in total. The van der Waals surface area contributed by atoms with Gasteiger partial charge in [-0.3, -0.25) is 4.79 Å². The first kappa shape index (κ1) is 35.9. The molecule has 0 aromatic heterocycles. The van der Waals surface area contributed by atoms with Gasteiger partial charge in [-0.15, -0.1) is 0 Å². The molecule has 0 aromatic carbocycles. The minimum absolute atomic E-state index is 0.00975. The Balaban J connectivity index is 2.26. The molecule has 0 bridgehead atoms. The Hall–Kier alpha value is -1.28. The van der Waals surface area contributed by atoms with E-state index < -0.39 is 83.8 Å². The van der Waals surface area contributed by atoms with Crippen LogP contribution in [0.4, 0.5) is 39.5 Å². The number of ether oxygens (including phenoxy) is 4. The van der Waals surface area contributed by atoms with Gasteiger partial charge in [0.2, 0.25) is 0 Å². The van der Waals surface area contributed by atoms with Crippen molar-refractivity contribution in [3.63, 3.8) is 0 Å². The number of esters is 1. The van der Waals surface area contributed by atoms with Gasteiger partial charge >= 0.3 is 24.5 Å². The molecule has 1 unspecified atom stereocenters. The van der Waals surface area contributed by atoms with Crippen molar-refractivity contribution in [3.8, 4) is 0 Å². The molecule has 1 aliphatic carbocycles. The lowest BCUT2D eigenvalue weighted by molar-refractivity contribution is -0.421. The maximum Gasteiger partial charge on any atom is 0.406 e. The molecule has 0 amide bonds. The van der Waals surface area contributed by atoms with E-state index in [9.17, 15) is 44.3 Å². The minimum Gasteiger partial charge on any atom is -0.459 e. The minimum atomic E-state index is -6.32. The van der Waals surface area contributed by atoms with Crippen LogP contribution in [0.3, 0.4) is 0 Å². The zero-order chi connectivity index (χ0) is 32.0. The molecule has 41 heavy (non-hydrogen) atoms. The molecule has 1 saturated carbocycles. The van der Waals surface area contributed by atoms with Gasteiger partial charge in [0, 0.05) is 12.8 Å². The zero-order valence-corrected chi connectivity index (χ0v) is 24.5. The van der Waals surface area contributed by atoms with Gasteiger partial charge in [0.05, 0.1) is 29.6 Å². The predicted molar refractivity (Wildman–Crippen MR) is 130 cm³/mol.